The zero-order chi connectivity index (χ0) is 13.1. The first-order valence-corrected chi connectivity index (χ1v) is 5.05. The van der Waals surface area contributed by atoms with Crippen molar-refractivity contribution in [2.45, 2.75) is 20.1 Å². The molecule has 0 fully saturated rings. The third kappa shape index (κ3) is 2.35. The van der Waals surface area contributed by atoms with Crippen molar-refractivity contribution in [3.8, 4) is 0 Å². The molecule has 2 rings (SSSR count). The summed E-state index contributed by atoms with van der Waals surface area (Å²) in [6.45, 7) is 1.90. The van der Waals surface area contributed by atoms with Gasteiger partial charge in [0.15, 0.2) is 5.69 Å². The first kappa shape index (κ1) is 12.2. The highest BCUT2D eigenvalue weighted by Gasteiger charge is 2.20. The maximum atomic E-state index is 10.9. The summed E-state index contributed by atoms with van der Waals surface area (Å²) in [7, 11) is 1.46. The van der Waals surface area contributed by atoms with Gasteiger partial charge in [0.1, 0.15) is 6.54 Å². The van der Waals surface area contributed by atoms with Crippen LogP contribution in [0.4, 0.5) is 0 Å². The molecule has 0 amide bonds. The minimum absolute atomic E-state index is 0.0851. The van der Waals surface area contributed by atoms with Crippen molar-refractivity contribution >= 4 is 5.97 Å². The second-order valence-electron chi connectivity index (χ2n) is 3.50. The third-order valence-electron chi connectivity index (χ3n) is 2.17. The molecular weight excluding hydrogens is 242 g/mol. The average molecular weight is 253 g/mol. The Morgan fingerprint density at radius 3 is 2.78 bits per heavy atom. The number of carbonyl (C=O) groups is 1. The zero-order valence-corrected chi connectivity index (χ0v) is 9.82. The van der Waals surface area contributed by atoms with Crippen molar-refractivity contribution in [3.63, 3.8) is 0 Å². The first-order valence-electron chi connectivity index (χ1n) is 5.05. The monoisotopic (exact) mass is 253 g/mol. The lowest BCUT2D eigenvalue weighted by Crippen LogP contribution is -2.10. The Morgan fingerprint density at radius 2 is 2.22 bits per heavy atom. The van der Waals surface area contributed by atoms with Crippen molar-refractivity contribution in [2.75, 3.05) is 7.11 Å². The smallest absolute Gasteiger partial charge is 0.358 e. The SMILES string of the molecule is COCc1c(C(=O)O)nnn1Cc1nnc(C)o1. The summed E-state index contributed by atoms with van der Waals surface area (Å²) in [5.74, 6) is -0.404. The van der Waals surface area contributed by atoms with Crippen LogP contribution in [0.15, 0.2) is 4.42 Å². The van der Waals surface area contributed by atoms with Gasteiger partial charge in [-0.3, -0.25) is 0 Å². The molecule has 0 aliphatic heterocycles. The molecule has 0 saturated heterocycles. The molecule has 18 heavy (non-hydrogen) atoms. The van der Waals surface area contributed by atoms with Crippen molar-refractivity contribution in [1.29, 1.82) is 0 Å². The number of aromatic carboxylic acids is 1. The van der Waals surface area contributed by atoms with E-state index >= 15 is 0 Å². The van der Waals surface area contributed by atoms with Gasteiger partial charge in [0.2, 0.25) is 11.8 Å². The number of hydrogen-bond acceptors (Lipinski definition) is 7. The molecule has 0 saturated carbocycles. The molecule has 2 heterocycles. The van der Waals surface area contributed by atoms with Gasteiger partial charge in [-0.25, -0.2) is 9.48 Å². The van der Waals surface area contributed by atoms with E-state index in [4.69, 9.17) is 14.3 Å². The van der Waals surface area contributed by atoms with Gasteiger partial charge in [-0.1, -0.05) is 5.21 Å². The van der Waals surface area contributed by atoms with Gasteiger partial charge in [0.25, 0.3) is 0 Å². The number of rotatable bonds is 5. The number of hydrogen-bond donors (Lipinski definition) is 1. The van der Waals surface area contributed by atoms with E-state index in [0.717, 1.165) is 0 Å². The summed E-state index contributed by atoms with van der Waals surface area (Å²) >= 11 is 0. The van der Waals surface area contributed by atoms with E-state index in [1.165, 1.54) is 11.8 Å². The van der Waals surface area contributed by atoms with Crippen molar-refractivity contribution in [3.05, 3.63) is 23.2 Å². The van der Waals surface area contributed by atoms with Crippen LogP contribution in [-0.4, -0.2) is 43.4 Å². The summed E-state index contributed by atoms with van der Waals surface area (Å²) in [5.41, 5.74) is 0.203. The highest BCUT2D eigenvalue weighted by atomic mass is 16.5. The van der Waals surface area contributed by atoms with E-state index in [1.54, 1.807) is 6.92 Å². The molecule has 0 radical (unpaired) electrons. The summed E-state index contributed by atoms with van der Waals surface area (Å²) in [4.78, 5) is 10.9. The summed E-state index contributed by atoms with van der Waals surface area (Å²) in [5, 5.41) is 23.7. The molecule has 0 aliphatic carbocycles. The number of methoxy groups -OCH3 is 1. The largest absolute Gasteiger partial charge is 0.476 e. The number of carboxylic acid groups (broad SMARTS) is 1. The normalized spacial score (nSPS) is 10.8. The van der Waals surface area contributed by atoms with Gasteiger partial charge in [-0.05, 0) is 0 Å². The highest BCUT2D eigenvalue weighted by Crippen LogP contribution is 2.09. The minimum atomic E-state index is -1.16. The van der Waals surface area contributed by atoms with Gasteiger partial charge in [0, 0.05) is 14.0 Å². The molecule has 9 heteroatoms. The van der Waals surface area contributed by atoms with Crippen LogP contribution in [0.1, 0.15) is 28.0 Å². The Hall–Kier alpha value is -2.29. The van der Waals surface area contributed by atoms with Crippen LogP contribution in [0.3, 0.4) is 0 Å². The Labute approximate surface area is 101 Å². The van der Waals surface area contributed by atoms with E-state index in [-0.39, 0.29) is 18.8 Å². The van der Waals surface area contributed by atoms with Crippen LogP contribution in [-0.2, 0) is 17.9 Å². The summed E-state index contributed by atoms with van der Waals surface area (Å²) in [6, 6.07) is 0. The predicted octanol–water partition coefficient (Wildman–Crippen LogP) is -0.138. The Balaban J connectivity index is 2.29. The Morgan fingerprint density at radius 1 is 1.44 bits per heavy atom. The standard InChI is InChI=1S/C9H11N5O4/c1-5-10-11-7(18-5)3-14-6(4-17-2)8(9(15)16)12-13-14/h3-4H2,1-2H3,(H,15,16). The number of ether oxygens (including phenoxy) is 1. The summed E-state index contributed by atoms with van der Waals surface area (Å²) in [6.07, 6.45) is 0. The third-order valence-corrected chi connectivity index (χ3v) is 2.17. The lowest BCUT2D eigenvalue weighted by Gasteiger charge is -2.03. The van der Waals surface area contributed by atoms with E-state index in [2.05, 4.69) is 20.5 Å². The molecule has 0 unspecified atom stereocenters. The molecule has 0 spiro atoms. The maximum absolute atomic E-state index is 10.9. The van der Waals surface area contributed by atoms with Crippen LogP contribution >= 0.6 is 0 Å². The summed E-state index contributed by atoms with van der Waals surface area (Å²) < 4.78 is 11.5. The van der Waals surface area contributed by atoms with Crippen LogP contribution in [0.25, 0.3) is 0 Å². The molecule has 96 valence electrons. The van der Waals surface area contributed by atoms with Crippen molar-refractivity contribution < 1.29 is 19.1 Å². The average Bonchev–Trinajstić information content (AvgIpc) is 2.88. The fourth-order valence-corrected chi connectivity index (χ4v) is 1.44. The van der Waals surface area contributed by atoms with Gasteiger partial charge in [-0.2, -0.15) is 0 Å². The molecule has 1 N–H and O–H groups in total. The second kappa shape index (κ2) is 4.92. The lowest BCUT2D eigenvalue weighted by atomic mass is 10.3. The van der Waals surface area contributed by atoms with E-state index in [1.807, 2.05) is 0 Å². The molecule has 0 aromatic carbocycles. The number of aromatic nitrogens is 5. The molecule has 2 aromatic rings. The number of carboxylic acids is 1. The van der Waals surface area contributed by atoms with Gasteiger partial charge in [0.05, 0.1) is 12.3 Å². The van der Waals surface area contributed by atoms with E-state index in [0.29, 0.717) is 17.5 Å². The van der Waals surface area contributed by atoms with Gasteiger partial charge < -0.3 is 14.3 Å². The van der Waals surface area contributed by atoms with Crippen molar-refractivity contribution in [1.82, 2.24) is 25.2 Å². The van der Waals surface area contributed by atoms with Crippen LogP contribution in [0, 0.1) is 6.92 Å². The number of nitrogens with zero attached hydrogens (tertiary/aromatic N) is 5. The minimum Gasteiger partial charge on any atom is -0.476 e. The second-order valence-corrected chi connectivity index (χ2v) is 3.50. The quantitative estimate of drug-likeness (QED) is 0.782. The first-order chi connectivity index (χ1) is 8.61. The fraction of sp³-hybridized carbons (Fsp3) is 0.444. The molecule has 2 aromatic heterocycles. The lowest BCUT2D eigenvalue weighted by molar-refractivity contribution is 0.0684. The predicted molar refractivity (Wildman–Crippen MR) is 55.8 cm³/mol. The maximum Gasteiger partial charge on any atom is 0.358 e. The topological polar surface area (TPSA) is 116 Å². The van der Waals surface area contributed by atoms with Crippen LogP contribution < -0.4 is 0 Å². The molecule has 0 bridgehead atoms. The van der Waals surface area contributed by atoms with Crippen molar-refractivity contribution in [2.24, 2.45) is 0 Å². The van der Waals surface area contributed by atoms with E-state index < -0.39 is 5.97 Å². The molecular formula is C9H11N5O4. The highest BCUT2D eigenvalue weighted by molar-refractivity contribution is 5.86. The van der Waals surface area contributed by atoms with Gasteiger partial charge >= 0.3 is 5.97 Å². The molecule has 0 atom stereocenters. The van der Waals surface area contributed by atoms with Gasteiger partial charge in [-0.15, -0.1) is 15.3 Å². The van der Waals surface area contributed by atoms with Crippen LogP contribution in [0.5, 0.6) is 0 Å². The zero-order valence-electron chi connectivity index (χ0n) is 9.82. The number of aryl methyl sites for hydroxylation is 1. The van der Waals surface area contributed by atoms with Crippen LogP contribution in [0.2, 0.25) is 0 Å². The fourth-order valence-electron chi connectivity index (χ4n) is 1.44. The molecule has 0 aliphatic rings. The Kier molecular flexibility index (Phi) is 3.33. The van der Waals surface area contributed by atoms with E-state index in [9.17, 15) is 4.79 Å². The molecule has 9 nitrogen and oxygen atoms in total. The Bertz CT molecular complexity index is 561.